The molecule has 0 saturated carbocycles. The molecule has 0 rings (SSSR count). The molecule has 0 saturated heterocycles. The van der Waals surface area contributed by atoms with Crippen molar-refractivity contribution in [3.63, 3.8) is 0 Å². The van der Waals surface area contributed by atoms with Crippen LogP contribution in [0.25, 0.3) is 0 Å². The lowest BCUT2D eigenvalue weighted by atomic mass is 10.1. The van der Waals surface area contributed by atoms with Gasteiger partial charge in [0.1, 0.15) is 6.23 Å². The first kappa shape index (κ1) is 19.1. The Kier molecular flexibility index (Phi) is 13.1. The van der Waals surface area contributed by atoms with Gasteiger partial charge in [-0.3, -0.25) is 0 Å². The van der Waals surface area contributed by atoms with Crippen molar-refractivity contribution in [2.45, 2.75) is 58.3 Å². The summed E-state index contributed by atoms with van der Waals surface area (Å²) in [7, 11) is 2.30. The lowest BCUT2D eigenvalue weighted by molar-refractivity contribution is 0.0622. The van der Waals surface area contributed by atoms with Gasteiger partial charge in [0, 0.05) is 27.9 Å². The van der Waals surface area contributed by atoms with E-state index in [-0.39, 0.29) is 0 Å². The summed E-state index contributed by atoms with van der Waals surface area (Å²) in [5, 5.41) is 0. The fraction of sp³-hybridized carbons (Fsp3) is 1.00. The SMILES string of the molecule is CCCCCCCCCCOC[Si](OC)(OC)OC. The highest BCUT2D eigenvalue weighted by atomic mass is 28.4. The predicted molar refractivity (Wildman–Crippen MR) is 80.2 cm³/mol. The van der Waals surface area contributed by atoms with Gasteiger partial charge in [-0.2, -0.15) is 0 Å². The van der Waals surface area contributed by atoms with E-state index in [2.05, 4.69) is 6.92 Å². The van der Waals surface area contributed by atoms with E-state index in [1.165, 1.54) is 44.9 Å². The quantitative estimate of drug-likeness (QED) is 0.362. The van der Waals surface area contributed by atoms with E-state index in [0.29, 0.717) is 6.23 Å². The summed E-state index contributed by atoms with van der Waals surface area (Å²) < 4.78 is 21.5. The van der Waals surface area contributed by atoms with Gasteiger partial charge in [-0.05, 0) is 6.42 Å². The second-order valence-electron chi connectivity index (χ2n) is 4.82. The van der Waals surface area contributed by atoms with Crippen molar-refractivity contribution < 1.29 is 18.0 Å². The van der Waals surface area contributed by atoms with Crippen LogP contribution in [0.1, 0.15) is 58.3 Å². The first-order valence-corrected chi connectivity index (χ1v) is 9.41. The monoisotopic (exact) mass is 292 g/mol. The minimum atomic E-state index is -2.53. The topological polar surface area (TPSA) is 36.9 Å². The maximum Gasteiger partial charge on any atom is 0.527 e. The summed E-state index contributed by atoms with van der Waals surface area (Å²) in [6.07, 6.45) is 10.9. The maximum atomic E-state index is 5.60. The van der Waals surface area contributed by atoms with Crippen molar-refractivity contribution in [1.82, 2.24) is 0 Å². The summed E-state index contributed by atoms with van der Waals surface area (Å²) in [5.74, 6) is 0. The maximum absolute atomic E-state index is 5.60. The Labute approximate surface area is 120 Å². The van der Waals surface area contributed by atoms with Gasteiger partial charge < -0.3 is 18.0 Å². The predicted octanol–water partition coefficient (Wildman–Crippen LogP) is 3.56. The lowest BCUT2D eigenvalue weighted by Crippen LogP contribution is -2.48. The molecule has 0 heterocycles. The Bertz CT molecular complexity index is 178. The standard InChI is InChI=1S/C14H32O4Si/c1-5-6-7-8-9-10-11-12-13-18-14-19(15-2,16-3)17-4/h5-14H2,1-4H3. The molecule has 116 valence electrons. The largest absolute Gasteiger partial charge is 0.527 e. The van der Waals surface area contributed by atoms with Crippen LogP contribution < -0.4 is 0 Å². The van der Waals surface area contributed by atoms with Gasteiger partial charge in [-0.15, -0.1) is 0 Å². The highest BCUT2D eigenvalue weighted by molar-refractivity contribution is 6.60. The zero-order valence-corrected chi connectivity index (χ0v) is 14.2. The molecule has 0 amide bonds. The molecule has 0 aliphatic carbocycles. The van der Waals surface area contributed by atoms with E-state index >= 15 is 0 Å². The van der Waals surface area contributed by atoms with Crippen molar-refractivity contribution in [1.29, 1.82) is 0 Å². The molecule has 0 aromatic carbocycles. The zero-order valence-electron chi connectivity index (χ0n) is 13.2. The fourth-order valence-electron chi connectivity index (χ4n) is 1.96. The molecule has 0 atom stereocenters. The first-order valence-electron chi connectivity index (χ1n) is 7.48. The van der Waals surface area contributed by atoms with Gasteiger partial charge in [-0.25, -0.2) is 0 Å². The third-order valence-corrected chi connectivity index (χ3v) is 5.78. The molecule has 0 radical (unpaired) electrons. The van der Waals surface area contributed by atoms with Crippen molar-refractivity contribution in [2.75, 3.05) is 34.2 Å². The van der Waals surface area contributed by atoms with E-state index in [1.807, 2.05) is 0 Å². The molecule has 0 spiro atoms. The molecule has 4 nitrogen and oxygen atoms in total. The molecule has 0 bridgehead atoms. The molecule has 0 aliphatic heterocycles. The van der Waals surface area contributed by atoms with E-state index in [0.717, 1.165) is 13.0 Å². The Hall–Kier alpha value is 0.0569. The average molecular weight is 292 g/mol. The van der Waals surface area contributed by atoms with Crippen LogP contribution in [-0.4, -0.2) is 43.0 Å². The smallest absolute Gasteiger partial charge is 0.377 e. The Morgan fingerprint density at radius 3 is 1.63 bits per heavy atom. The molecule has 0 aromatic rings. The van der Waals surface area contributed by atoms with Crippen LogP contribution in [0.4, 0.5) is 0 Å². The number of rotatable bonds is 14. The molecule has 0 unspecified atom stereocenters. The normalized spacial score (nSPS) is 12.0. The molecule has 5 heteroatoms. The third kappa shape index (κ3) is 9.57. The number of ether oxygens (including phenoxy) is 1. The van der Waals surface area contributed by atoms with Crippen molar-refractivity contribution in [2.24, 2.45) is 0 Å². The first-order chi connectivity index (χ1) is 9.24. The van der Waals surface area contributed by atoms with Gasteiger partial charge in [0.2, 0.25) is 0 Å². The van der Waals surface area contributed by atoms with Crippen LogP contribution in [-0.2, 0) is 18.0 Å². The van der Waals surface area contributed by atoms with Crippen LogP contribution in [0.5, 0.6) is 0 Å². The van der Waals surface area contributed by atoms with Gasteiger partial charge in [0.15, 0.2) is 0 Å². The summed E-state index contributed by atoms with van der Waals surface area (Å²) in [4.78, 5) is 0. The fourth-order valence-corrected chi connectivity index (χ4v) is 3.21. The number of hydrogen-bond acceptors (Lipinski definition) is 4. The van der Waals surface area contributed by atoms with E-state index < -0.39 is 8.80 Å². The highest BCUT2D eigenvalue weighted by Crippen LogP contribution is 2.10. The minimum absolute atomic E-state index is 0.438. The van der Waals surface area contributed by atoms with Crippen molar-refractivity contribution in [3.8, 4) is 0 Å². The van der Waals surface area contributed by atoms with E-state index in [1.54, 1.807) is 21.3 Å². The lowest BCUT2D eigenvalue weighted by Gasteiger charge is -2.23. The number of hydrogen-bond donors (Lipinski definition) is 0. The Morgan fingerprint density at radius 1 is 0.684 bits per heavy atom. The second kappa shape index (κ2) is 13.1. The van der Waals surface area contributed by atoms with E-state index in [4.69, 9.17) is 18.0 Å². The Morgan fingerprint density at radius 2 is 1.16 bits per heavy atom. The highest BCUT2D eigenvalue weighted by Gasteiger charge is 2.38. The third-order valence-electron chi connectivity index (χ3n) is 3.35. The van der Waals surface area contributed by atoms with Crippen LogP contribution >= 0.6 is 0 Å². The van der Waals surface area contributed by atoms with Crippen molar-refractivity contribution in [3.05, 3.63) is 0 Å². The molecule has 0 aliphatic rings. The molecular formula is C14H32O4Si. The zero-order chi connectivity index (χ0) is 14.4. The molecule has 19 heavy (non-hydrogen) atoms. The summed E-state index contributed by atoms with van der Waals surface area (Å²) in [5.41, 5.74) is 0. The molecule has 0 N–H and O–H groups in total. The average Bonchev–Trinajstić information content (AvgIpc) is 2.46. The summed E-state index contributed by atoms with van der Waals surface area (Å²) in [6.45, 7) is 3.01. The Balaban J connectivity index is 3.35. The van der Waals surface area contributed by atoms with Crippen molar-refractivity contribution >= 4 is 8.80 Å². The van der Waals surface area contributed by atoms with Gasteiger partial charge in [-0.1, -0.05) is 51.9 Å². The van der Waals surface area contributed by atoms with Gasteiger partial charge >= 0.3 is 8.80 Å². The number of unbranched alkanes of at least 4 members (excludes halogenated alkanes) is 7. The molecule has 0 aromatic heterocycles. The van der Waals surface area contributed by atoms with Gasteiger partial charge in [0.05, 0.1) is 0 Å². The van der Waals surface area contributed by atoms with Crippen LogP contribution in [0, 0.1) is 0 Å². The van der Waals surface area contributed by atoms with Crippen LogP contribution in [0.3, 0.4) is 0 Å². The minimum Gasteiger partial charge on any atom is -0.377 e. The molecule has 0 fully saturated rings. The van der Waals surface area contributed by atoms with E-state index in [9.17, 15) is 0 Å². The second-order valence-corrected chi connectivity index (χ2v) is 7.70. The van der Waals surface area contributed by atoms with Crippen LogP contribution in [0.2, 0.25) is 0 Å². The van der Waals surface area contributed by atoms with Gasteiger partial charge in [0.25, 0.3) is 0 Å². The summed E-state index contributed by atoms with van der Waals surface area (Å²) in [6, 6.07) is 0. The van der Waals surface area contributed by atoms with Crippen LogP contribution in [0.15, 0.2) is 0 Å². The molecular weight excluding hydrogens is 260 g/mol. The summed E-state index contributed by atoms with van der Waals surface area (Å²) >= 11 is 0.